The maximum atomic E-state index is 12.2. The Morgan fingerprint density at radius 3 is 3.12 bits per heavy atom. The molecule has 1 aliphatic heterocycles. The van der Waals surface area contributed by atoms with Crippen LogP contribution in [0.4, 0.5) is 0 Å². The molecule has 0 saturated carbocycles. The largest absolute Gasteiger partial charge is 0.378 e. The first-order valence-electron chi connectivity index (χ1n) is 5.76. The lowest BCUT2D eigenvalue weighted by Gasteiger charge is -2.07. The van der Waals surface area contributed by atoms with Crippen LogP contribution in [-0.4, -0.2) is 33.5 Å². The summed E-state index contributed by atoms with van der Waals surface area (Å²) in [4.78, 5) is 12.2. The summed E-state index contributed by atoms with van der Waals surface area (Å²) >= 11 is 0. The van der Waals surface area contributed by atoms with Crippen LogP contribution in [0.2, 0.25) is 0 Å². The number of ether oxygens (including phenoxy) is 1. The van der Waals surface area contributed by atoms with Crippen molar-refractivity contribution in [2.45, 2.75) is 39.3 Å². The molecule has 0 aromatic carbocycles. The van der Waals surface area contributed by atoms with Gasteiger partial charge in [-0.15, -0.1) is 5.10 Å². The minimum atomic E-state index is -0.0240. The van der Waals surface area contributed by atoms with E-state index in [2.05, 4.69) is 17.2 Å². The third kappa shape index (κ3) is 2.14. The van der Waals surface area contributed by atoms with Crippen LogP contribution in [0.25, 0.3) is 0 Å². The van der Waals surface area contributed by atoms with Crippen molar-refractivity contribution in [3.05, 3.63) is 11.9 Å². The van der Waals surface area contributed by atoms with Gasteiger partial charge in [-0.05, 0) is 19.8 Å². The van der Waals surface area contributed by atoms with Crippen molar-refractivity contribution in [1.82, 2.24) is 15.0 Å². The fourth-order valence-corrected chi connectivity index (χ4v) is 2.03. The Balaban J connectivity index is 2.11. The van der Waals surface area contributed by atoms with Crippen molar-refractivity contribution in [3.63, 3.8) is 0 Å². The van der Waals surface area contributed by atoms with Crippen molar-refractivity contribution in [2.75, 3.05) is 6.61 Å². The normalized spacial score (nSPS) is 24.9. The van der Waals surface area contributed by atoms with E-state index in [1.807, 2.05) is 6.92 Å². The van der Waals surface area contributed by atoms with Gasteiger partial charge in [0.05, 0.1) is 18.9 Å². The van der Waals surface area contributed by atoms with Crippen molar-refractivity contribution in [3.8, 4) is 0 Å². The van der Waals surface area contributed by atoms with Gasteiger partial charge in [0, 0.05) is 12.5 Å². The molecule has 1 aliphatic rings. The topological polar surface area (TPSA) is 57.0 Å². The zero-order valence-corrected chi connectivity index (χ0v) is 9.72. The molecule has 5 heteroatoms. The number of ketones is 1. The van der Waals surface area contributed by atoms with E-state index in [1.165, 1.54) is 0 Å². The lowest BCUT2D eigenvalue weighted by atomic mass is 9.99. The van der Waals surface area contributed by atoms with E-state index in [0.717, 1.165) is 19.4 Å². The molecular weight excluding hydrogens is 206 g/mol. The summed E-state index contributed by atoms with van der Waals surface area (Å²) in [7, 11) is 0. The highest BCUT2D eigenvalue weighted by molar-refractivity contribution is 5.96. The molecule has 0 amide bonds. The summed E-state index contributed by atoms with van der Waals surface area (Å²) in [5.41, 5.74) is 0.615. The number of carbonyl (C=O) groups is 1. The minimum absolute atomic E-state index is 0.0240. The third-order valence-electron chi connectivity index (χ3n) is 2.87. The Labute approximate surface area is 94.8 Å². The van der Waals surface area contributed by atoms with E-state index in [-0.39, 0.29) is 17.8 Å². The highest BCUT2D eigenvalue weighted by Crippen LogP contribution is 2.22. The molecule has 1 aromatic rings. The second-order valence-electron chi connectivity index (χ2n) is 4.28. The molecule has 2 rings (SSSR count). The molecule has 2 unspecified atom stereocenters. The smallest absolute Gasteiger partial charge is 0.187 e. The Bertz CT molecular complexity index is 375. The zero-order chi connectivity index (χ0) is 11.5. The third-order valence-corrected chi connectivity index (χ3v) is 2.87. The molecule has 2 heterocycles. The Morgan fingerprint density at radius 2 is 2.50 bits per heavy atom. The van der Waals surface area contributed by atoms with Crippen molar-refractivity contribution >= 4 is 5.78 Å². The standard InChI is InChI=1S/C11H17N3O2/c1-3-4-14-10(6-12-13-14)11(15)9-5-8(2)16-7-9/h6,8-9H,3-5,7H2,1-2H3. The minimum Gasteiger partial charge on any atom is -0.378 e. The van der Waals surface area contributed by atoms with Gasteiger partial charge in [-0.25, -0.2) is 4.68 Å². The molecule has 0 bridgehead atoms. The average Bonchev–Trinajstić information content (AvgIpc) is 2.87. The van der Waals surface area contributed by atoms with Gasteiger partial charge in [0.2, 0.25) is 0 Å². The first-order chi connectivity index (χ1) is 7.72. The summed E-state index contributed by atoms with van der Waals surface area (Å²) in [5, 5.41) is 7.73. The maximum Gasteiger partial charge on any atom is 0.187 e. The number of aryl methyl sites for hydroxylation is 1. The quantitative estimate of drug-likeness (QED) is 0.722. The van der Waals surface area contributed by atoms with Gasteiger partial charge in [0.25, 0.3) is 0 Å². The molecule has 0 N–H and O–H groups in total. The molecule has 88 valence electrons. The number of carbonyl (C=O) groups excluding carboxylic acids is 1. The highest BCUT2D eigenvalue weighted by Gasteiger charge is 2.30. The molecule has 2 atom stereocenters. The zero-order valence-electron chi connectivity index (χ0n) is 9.72. The molecule has 1 saturated heterocycles. The number of Topliss-reactive ketones (excluding diaryl/α,β-unsaturated/α-hetero) is 1. The lowest BCUT2D eigenvalue weighted by Crippen LogP contribution is -2.19. The van der Waals surface area contributed by atoms with Gasteiger partial charge >= 0.3 is 0 Å². The van der Waals surface area contributed by atoms with Crippen LogP contribution in [0.5, 0.6) is 0 Å². The summed E-state index contributed by atoms with van der Waals surface area (Å²) in [6.07, 6.45) is 3.49. The molecule has 16 heavy (non-hydrogen) atoms. The Morgan fingerprint density at radius 1 is 1.69 bits per heavy atom. The van der Waals surface area contributed by atoms with E-state index < -0.39 is 0 Å². The van der Waals surface area contributed by atoms with Crippen LogP contribution >= 0.6 is 0 Å². The van der Waals surface area contributed by atoms with Gasteiger partial charge in [0.1, 0.15) is 5.69 Å². The van der Waals surface area contributed by atoms with Crippen LogP contribution in [0, 0.1) is 5.92 Å². The Kier molecular flexibility index (Phi) is 3.33. The fourth-order valence-electron chi connectivity index (χ4n) is 2.03. The molecular formula is C11H17N3O2. The van der Waals surface area contributed by atoms with Gasteiger partial charge < -0.3 is 4.74 Å². The lowest BCUT2D eigenvalue weighted by molar-refractivity contribution is 0.0867. The monoisotopic (exact) mass is 223 g/mol. The van der Waals surface area contributed by atoms with Crippen molar-refractivity contribution in [2.24, 2.45) is 5.92 Å². The van der Waals surface area contributed by atoms with E-state index in [9.17, 15) is 4.79 Å². The van der Waals surface area contributed by atoms with Gasteiger partial charge in [0.15, 0.2) is 5.78 Å². The summed E-state index contributed by atoms with van der Waals surface area (Å²) in [5.74, 6) is 0.0897. The number of hydrogen-bond donors (Lipinski definition) is 0. The Hall–Kier alpha value is -1.23. The molecule has 0 spiro atoms. The van der Waals surface area contributed by atoms with Crippen LogP contribution in [0.3, 0.4) is 0 Å². The summed E-state index contributed by atoms with van der Waals surface area (Å²) in [6, 6.07) is 0. The van der Waals surface area contributed by atoms with Crippen LogP contribution in [-0.2, 0) is 11.3 Å². The van der Waals surface area contributed by atoms with Crippen LogP contribution in [0.15, 0.2) is 6.20 Å². The fraction of sp³-hybridized carbons (Fsp3) is 0.727. The second-order valence-corrected chi connectivity index (χ2v) is 4.28. The van der Waals surface area contributed by atoms with Gasteiger partial charge in [-0.1, -0.05) is 12.1 Å². The number of aromatic nitrogens is 3. The molecule has 0 aliphatic carbocycles. The second kappa shape index (κ2) is 4.74. The van der Waals surface area contributed by atoms with E-state index in [1.54, 1.807) is 10.9 Å². The summed E-state index contributed by atoms with van der Waals surface area (Å²) in [6.45, 7) is 5.31. The number of rotatable bonds is 4. The number of hydrogen-bond acceptors (Lipinski definition) is 4. The van der Waals surface area contributed by atoms with Crippen LogP contribution < -0.4 is 0 Å². The maximum absolute atomic E-state index is 12.2. The van der Waals surface area contributed by atoms with E-state index in [4.69, 9.17) is 4.74 Å². The van der Waals surface area contributed by atoms with Gasteiger partial charge in [-0.2, -0.15) is 0 Å². The van der Waals surface area contributed by atoms with E-state index in [0.29, 0.717) is 12.3 Å². The SMILES string of the molecule is CCCn1nncc1C(=O)C1COC(C)C1. The van der Waals surface area contributed by atoms with Crippen LogP contribution in [0.1, 0.15) is 37.2 Å². The number of nitrogens with zero attached hydrogens (tertiary/aromatic N) is 3. The molecule has 1 fully saturated rings. The van der Waals surface area contributed by atoms with Gasteiger partial charge in [-0.3, -0.25) is 4.79 Å². The first-order valence-corrected chi connectivity index (χ1v) is 5.76. The molecule has 5 nitrogen and oxygen atoms in total. The van der Waals surface area contributed by atoms with Crippen molar-refractivity contribution in [1.29, 1.82) is 0 Å². The highest BCUT2D eigenvalue weighted by atomic mass is 16.5. The predicted molar refractivity (Wildman–Crippen MR) is 58.2 cm³/mol. The van der Waals surface area contributed by atoms with E-state index >= 15 is 0 Å². The first kappa shape index (κ1) is 11.3. The summed E-state index contributed by atoms with van der Waals surface area (Å²) < 4.78 is 7.10. The van der Waals surface area contributed by atoms with Crippen molar-refractivity contribution < 1.29 is 9.53 Å². The predicted octanol–water partition coefficient (Wildman–Crippen LogP) is 1.30. The molecule has 1 aromatic heterocycles. The average molecular weight is 223 g/mol. The molecule has 0 radical (unpaired) electrons.